The van der Waals surface area contributed by atoms with Crippen LogP contribution in [0.4, 0.5) is 5.69 Å². The highest BCUT2D eigenvalue weighted by Gasteiger charge is 2.04. The van der Waals surface area contributed by atoms with E-state index in [1.54, 1.807) is 12.1 Å². The molecule has 0 saturated heterocycles. The molecule has 2 aromatic rings. The van der Waals surface area contributed by atoms with Gasteiger partial charge in [0.2, 0.25) is 0 Å². The summed E-state index contributed by atoms with van der Waals surface area (Å²) in [6, 6.07) is 13.1. The van der Waals surface area contributed by atoms with Gasteiger partial charge in [0.1, 0.15) is 5.75 Å². The third-order valence-electron chi connectivity index (χ3n) is 3.41. The predicted molar refractivity (Wildman–Crippen MR) is 97.4 cm³/mol. The fourth-order valence-corrected chi connectivity index (χ4v) is 2.10. The zero-order valence-electron chi connectivity index (χ0n) is 13.6. The summed E-state index contributed by atoms with van der Waals surface area (Å²) in [7, 11) is 0. The molecule has 3 N–H and O–H groups in total. The van der Waals surface area contributed by atoms with Crippen LogP contribution >= 0.6 is 0 Å². The summed E-state index contributed by atoms with van der Waals surface area (Å²) < 4.78 is 0. The highest BCUT2D eigenvalue weighted by Crippen LogP contribution is 2.21. The largest absolute Gasteiger partial charge is 0.507 e. The molecule has 0 aliphatic heterocycles. The Morgan fingerprint density at radius 1 is 1.25 bits per heavy atom. The number of hydrogen-bond acceptors (Lipinski definition) is 4. The van der Waals surface area contributed by atoms with Crippen molar-refractivity contribution < 1.29 is 9.90 Å². The van der Waals surface area contributed by atoms with E-state index in [-0.39, 0.29) is 18.2 Å². The Hall–Kier alpha value is -3.08. The van der Waals surface area contributed by atoms with E-state index in [0.29, 0.717) is 12.0 Å². The number of benzene rings is 2. The molecule has 0 atom stereocenters. The van der Waals surface area contributed by atoms with Crippen LogP contribution in [0.3, 0.4) is 0 Å². The Bertz CT molecular complexity index is 737. The third-order valence-corrected chi connectivity index (χ3v) is 3.41. The Labute approximate surface area is 141 Å². The number of aryl methyl sites for hydroxylation is 1. The molecule has 24 heavy (non-hydrogen) atoms. The molecule has 0 bridgehead atoms. The van der Waals surface area contributed by atoms with E-state index in [2.05, 4.69) is 22.4 Å². The van der Waals surface area contributed by atoms with E-state index >= 15 is 0 Å². The van der Waals surface area contributed by atoms with Crippen LogP contribution in [0.1, 0.15) is 16.7 Å². The molecule has 0 aliphatic rings. The van der Waals surface area contributed by atoms with Crippen molar-refractivity contribution in [3.8, 4) is 5.75 Å². The first-order chi connectivity index (χ1) is 11.6. The Kier molecular flexibility index (Phi) is 6.14. The van der Waals surface area contributed by atoms with Crippen molar-refractivity contribution in [3.63, 3.8) is 0 Å². The van der Waals surface area contributed by atoms with Crippen molar-refractivity contribution in [1.29, 1.82) is 0 Å². The number of rotatable bonds is 7. The first-order valence-electron chi connectivity index (χ1n) is 7.64. The summed E-state index contributed by atoms with van der Waals surface area (Å²) in [6.45, 7) is 5.77. The number of nitrogens with zero attached hydrogens (tertiary/aromatic N) is 1. The number of aromatic hydroxyl groups is 1. The number of nitrogens with one attached hydrogen (secondary N) is 2. The maximum absolute atomic E-state index is 11.8. The molecule has 0 aliphatic carbocycles. The maximum atomic E-state index is 11.8. The average molecular weight is 323 g/mol. The van der Waals surface area contributed by atoms with Gasteiger partial charge in [0.25, 0.3) is 5.91 Å². The second-order valence-electron chi connectivity index (χ2n) is 5.36. The molecular weight excluding hydrogens is 302 g/mol. The van der Waals surface area contributed by atoms with Gasteiger partial charge in [0, 0.05) is 11.3 Å². The van der Waals surface area contributed by atoms with Crippen LogP contribution in [0, 0.1) is 6.92 Å². The molecule has 2 aromatic carbocycles. The predicted octanol–water partition coefficient (Wildman–Crippen LogP) is 2.99. The van der Waals surface area contributed by atoms with Crippen molar-refractivity contribution in [3.05, 3.63) is 71.8 Å². The molecule has 0 saturated carbocycles. The number of phenolic OH excluding ortho intramolecular Hbond substituents is 1. The van der Waals surface area contributed by atoms with Gasteiger partial charge in [-0.25, -0.2) is 5.43 Å². The first-order valence-corrected chi connectivity index (χ1v) is 7.64. The third kappa shape index (κ3) is 4.98. The summed E-state index contributed by atoms with van der Waals surface area (Å²) in [5.74, 6) is -0.123. The van der Waals surface area contributed by atoms with E-state index in [0.717, 1.165) is 16.8 Å². The lowest BCUT2D eigenvalue weighted by Gasteiger charge is -2.06. The number of phenols is 1. The van der Waals surface area contributed by atoms with E-state index in [4.69, 9.17) is 0 Å². The van der Waals surface area contributed by atoms with Gasteiger partial charge in [-0.3, -0.25) is 4.79 Å². The smallest absolute Gasteiger partial charge is 0.259 e. The second-order valence-corrected chi connectivity index (χ2v) is 5.36. The summed E-state index contributed by atoms with van der Waals surface area (Å²) in [5, 5.41) is 17.0. The number of amides is 1. The fraction of sp³-hybridized carbons (Fsp3) is 0.158. The van der Waals surface area contributed by atoms with Crippen molar-refractivity contribution in [2.75, 3.05) is 11.9 Å². The van der Waals surface area contributed by atoms with Crippen LogP contribution in [0.2, 0.25) is 0 Å². The van der Waals surface area contributed by atoms with E-state index < -0.39 is 0 Å². The van der Waals surface area contributed by atoms with E-state index in [1.165, 1.54) is 6.21 Å². The zero-order valence-corrected chi connectivity index (χ0v) is 13.6. The molecule has 0 fully saturated rings. The number of carbonyl (C=O) groups excluding carboxylic acids is 1. The Morgan fingerprint density at radius 2 is 2.00 bits per heavy atom. The van der Waals surface area contributed by atoms with Crippen molar-refractivity contribution >= 4 is 17.8 Å². The SMILES string of the molecule is C=CCc1cccc(C=NNC(=O)CNc2ccc(C)cc2)c1O. The monoisotopic (exact) mass is 323 g/mol. The fourth-order valence-electron chi connectivity index (χ4n) is 2.10. The minimum absolute atomic E-state index is 0.114. The summed E-state index contributed by atoms with van der Waals surface area (Å²) in [5.41, 5.74) is 5.77. The molecule has 0 unspecified atom stereocenters. The van der Waals surface area contributed by atoms with E-state index in [9.17, 15) is 9.90 Å². The lowest BCUT2D eigenvalue weighted by atomic mass is 10.1. The van der Waals surface area contributed by atoms with Gasteiger partial charge in [-0.15, -0.1) is 6.58 Å². The molecule has 0 heterocycles. The zero-order chi connectivity index (χ0) is 17.4. The molecular formula is C19H21N3O2. The molecule has 1 amide bonds. The van der Waals surface area contributed by atoms with Gasteiger partial charge in [-0.2, -0.15) is 5.10 Å². The standard InChI is InChI=1S/C19H21N3O2/c1-3-5-15-6-4-7-16(19(15)24)12-21-22-18(23)13-20-17-10-8-14(2)9-11-17/h3-4,6-12,20,24H,1,5,13H2,2H3,(H,22,23). The number of hydrazone groups is 1. The summed E-state index contributed by atoms with van der Waals surface area (Å²) >= 11 is 0. The van der Waals surface area contributed by atoms with Gasteiger partial charge in [0.05, 0.1) is 12.8 Å². The highest BCUT2D eigenvalue weighted by molar-refractivity contribution is 5.86. The van der Waals surface area contributed by atoms with Crippen LogP contribution in [-0.2, 0) is 11.2 Å². The summed E-state index contributed by atoms with van der Waals surface area (Å²) in [4.78, 5) is 11.8. The Balaban J connectivity index is 1.87. The van der Waals surface area contributed by atoms with E-state index in [1.807, 2.05) is 43.3 Å². The average Bonchev–Trinajstić information content (AvgIpc) is 2.58. The summed E-state index contributed by atoms with van der Waals surface area (Å²) in [6.07, 6.45) is 3.71. The number of carbonyl (C=O) groups is 1. The molecule has 0 radical (unpaired) electrons. The minimum Gasteiger partial charge on any atom is -0.507 e. The highest BCUT2D eigenvalue weighted by atomic mass is 16.3. The van der Waals surface area contributed by atoms with Crippen LogP contribution < -0.4 is 10.7 Å². The van der Waals surface area contributed by atoms with Crippen molar-refractivity contribution in [2.24, 2.45) is 5.10 Å². The van der Waals surface area contributed by atoms with Crippen LogP contribution in [0.15, 0.2) is 60.2 Å². The maximum Gasteiger partial charge on any atom is 0.259 e. The normalized spacial score (nSPS) is 10.5. The molecule has 5 nitrogen and oxygen atoms in total. The van der Waals surface area contributed by atoms with Crippen LogP contribution in [-0.4, -0.2) is 23.8 Å². The van der Waals surface area contributed by atoms with Crippen LogP contribution in [0.5, 0.6) is 5.75 Å². The van der Waals surface area contributed by atoms with Gasteiger partial charge in [-0.05, 0) is 37.1 Å². The van der Waals surface area contributed by atoms with Gasteiger partial charge in [0.15, 0.2) is 0 Å². The first kappa shape index (κ1) is 17.3. The molecule has 124 valence electrons. The molecule has 0 spiro atoms. The Morgan fingerprint density at radius 3 is 2.71 bits per heavy atom. The second kappa shape index (κ2) is 8.53. The van der Waals surface area contributed by atoms with Gasteiger partial charge >= 0.3 is 0 Å². The topological polar surface area (TPSA) is 73.7 Å². The number of anilines is 1. The molecule has 5 heteroatoms. The molecule has 0 aromatic heterocycles. The van der Waals surface area contributed by atoms with Crippen molar-refractivity contribution in [2.45, 2.75) is 13.3 Å². The number of para-hydroxylation sites is 1. The van der Waals surface area contributed by atoms with Crippen molar-refractivity contribution in [1.82, 2.24) is 5.43 Å². The number of allylic oxidation sites excluding steroid dienone is 1. The lowest BCUT2D eigenvalue weighted by molar-refractivity contribution is -0.119. The minimum atomic E-state index is -0.270. The molecule has 2 rings (SSSR count). The number of hydrogen-bond donors (Lipinski definition) is 3. The van der Waals surface area contributed by atoms with Gasteiger partial charge < -0.3 is 10.4 Å². The van der Waals surface area contributed by atoms with Gasteiger partial charge in [-0.1, -0.05) is 35.9 Å². The quantitative estimate of drug-likeness (QED) is 0.417. The van der Waals surface area contributed by atoms with Crippen LogP contribution in [0.25, 0.3) is 0 Å². The lowest BCUT2D eigenvalue weighted by Crippen LogP contribution is -2.25.